The Morgan fingerprint density at radius 1 is 0.732 bits per heavy atom. The minimum atomic E-state index is -0.817. The second-order valence-electron chi connectivity index (χ2n) is 15.1. The van der Waals surface area contributed by atoms with Crippen molar-refractivity contribution in [3.63, 3.8) is 0 Å². The van der Waals surface area contributed by atoms with Crippen LogP contribution in [0.2, 0.25) is 0 Å². The summed E-state index contributed by atoms with van der Waals surface area (Å²) in [6.07, 6.45) is 14.0. The molecule has 4 aromatic carbocycles. The number of unbranched alkanes of at least 4 members (excludes halogenated alkanes) is 8. The number of Topliss-reactive ketones (excluding diaryl/α,β-unsaturated/α-hetero) is 1. The number of hydrogen-bond acceptors (Lipinski definition) is 6. The first-order valence-corrected chi connectivity index (χ1v) is 19.7. The van der Waals surface area contributed by atoms with Crippen LogP contribution in [0, 0.1) is 0 Å². The number of anilines is 3. The van der Waals surface area contributed by atoms with Gasteiger partial charge in [0.1, 0.15) is 17.1 Å². The van der Waals surface area contributed by atoms with Gasteiger partial charge in [-0.3, -0.25) is 9.79 Å². The number of rotatable bonds is 12. The molecule has 0 amide bonds. The van der Waals surface area contributed by atoms with E-state index in [9.17, 15) is 9.90 Å². The fourth-order valence-electron chi connectivity index (χ4n) is 8.03. The third-order valence-electron chi connectivity index (χ3n) is 10.7. The minimum Gasteiger partial charge on any atom is -0.506 e. The quantitative estimate of drug-likeness (QED) is 0.0854. The molecule has 6 nitrogen and oxygen atoms in total. The van der Waals surface area contributed by atoms with Gasteiger partial charge in [0.15, 0.2) is 0 Å². The molecule has 300 valence electrons. The molecule has 4 N–H and O–H groups in total. The molecule has 0 bridgehead atoms. The molecule has 2 unspecified atom stereocenters. The summed E-state index contributed by atoms with van der Waals surface area (Å²) < 4.78 is 0. The number of allylic oxidation sites excluding steroid dienone is 2. The van der Waals surface area contributed by atoms with Crippen molar-refractivity contribution < 1.29 is 25.6 Å². The normalized spacial score (nSPS) is 19.4. The fraction of sp³-hybridized carbons (Fsp3) is 0.300. The predicted octanol–water partition coefficient (Wildman–Crippen LogP) is 13.2. The molecule has 0 radical (unpaired) electrons. The highest BCUT2D eigenvalue weighted by molar-refractivity contribution is 6.52. The molecule has 6 heteroatoms. The molecular formula is C50H68N4O2. The second-order valence-corrected chi connectivity index (χ2v) is 15.1. The van der Waals surface area contributed by atoms with Crippen molar-refractivity contribution in [1.29, 1.82) is 0 Å². The van der Waals surface area contributed by atoms with Crippen molar-refractivity contribution >= 4 is 55.5 Å². The van der Waals surface area contributed by atoms with Gasteiger partial charge < -0.3 is 21.1 Å². The smallest absolute Gasteiger partial charge is 0.201 e. The summed E-state index contributed by atoms with van der Waals surface area (Å²) >= 11 is 0. The molecule has 3 aliphatic rings. The minimum absolute atomic E-state index is 0. The summed E-state index contributed by atoms with van der Waals surface area (Å²) in [5.41, 5.74) is 26.4. The van der Waals surface area contributed by atoms with E-state index in [0.717, 1.165) is 56.8 Å². The van der Waals surface area contributed by atoms with Crippen molar-refractivity contribution in [2.75, 3.05) is 16.0 Å². The molecule has 0 saturated carbocycles. The van der Waals surface area contributed by atoms with Crippen LogP contribution in [0.15, 0.2) is 136 Å². The van der Waals surface area contributed by atoms with E-state index in [4.69, 9.17) is 4.99 Å². The number of benzene rings is 4. The van der Waals surface area contributed by atoms with Crippen molar-refractivity contribution in [3.8, 4) is 0 Å². The lowest BCUT2D eigenvalue weighted by atomic mass is 9.80. The molecule has 2 aliphatic heterocycles. The SMILES string of the molecule is C=C=C=C=C=C=C=C=C=C=CC1(C)Nc2cccc3ccc(C4=C(O)C(=c5ccc6cccc7c6c5=NC(C)(CCCCCCCCCCC)N7)C4=O)c(c23)N1.[HH].[HH].[HH].[HH].[HH].[HH].[HH].[HH].[HH].[HH].[HH]. The van der Waals surface area contributed by atoms with Crippen LogP contribution >= 0.6 is 0 Å². The van der Waals surface area contributed by atoms with E-state index in [-0.39, 0.29) is 32.8 Å². The number of hydrogen-bond donors (Lipinski definition) is 4. The monoisotopic (exact) mass is 757 g/mol. The number of carbonyl (C=O) groups is 1. The highest BCUT2D eigenvalue weighted by atomic mass is 16.3. The van der Waals surface area contributed by atoms with Gasteiger partial charge in [-0.05, 0) is 96.3 Å². The van der Waals surface area contributed by atoms with Gasteiger partial charge in [0.2, 0.25) is 5.78 Å². The van der Waals surface area contributed by atoms with Crippen molar-refractivity contribution in [2.24, 2.45) is 4.99 Å². The molecule has 0 saturated heterocycles. The Bertz CT molecular complexity index is 2850. The van der Waals surface area contributed by atoms with Crippen LogP contribution < -0.4 is 26.5 Å². The van der Waals surface area contributed by atoms with E-state index in [2.05, 4.69) is 106 Å². The number of carbonyl (C=O) groups excluding carboxylic acids is 1. The molecule has 0 aromatic heterocycles. The molecular weight excluding hydrogens is 689 g/mol. The van der Waals surface area contributed by atoms with E-state index < -0.39 is 11.3 Å². The summed E-state index contributed by atoms with van der Waals surface area (Å²) in [7, 11) is 0. The largest absolute Gasteiger partial charge is 0.506 e. The van der Waals surface area contributed by atoms with E-state index in [1.807, 2.05) is 49.4 Å². The Hall–Kier alpha value is -6.56. The Balaban J connectivity index is -0.00000116. The van der Waals surface area contributed by atoms with Gasteiger partial charge in [-0.1, -0.05) is 118 Å². The topological polar surface area (TPSA) is 85.8 Å². The van der Waals surface area contributed by atoms with Gasteiger partial charge in [-0.25, -0.2) is 0 Å². The first-order valence-electron chi connectivity index (χ1n) is 19.7. The molecule has 2 atom stereocenters. The zero-order valence-electron chi connectivity index (χ0n) is 32.4. The molecule has 56 heavy (non-hydrogen) atoms. The number of aliphatic hydroxyl groups is 1. The predicted molar refractivity (Wildman–Crippen MR) is 251 cm³/mol. The summed E-state index contributed by atoms with van der Waals surface area (Å²) in [6.45, 7) is 9.76. The van der Waals surface area contributed by atoms with E-state index in [0.29, 0.717) is 16.4 Å². The van der Waals surface area contributed by atoms with Gasteiger partial charge >= 0.3 is 0 Å². The van der Waals surface area contributed by atoms with E-state index in [1.54, 1.807) is 6.08 Å². The Kier molecular flexibility index (Phi) is 11.1. The van der Waals surface area contributed by atoms with Crippen LogP contribution in [-0.4, -0.2) is 22.2 Å². The van der Waals surface area contributed by atoms with Gasteiger partial charge in [-0.15, -0.1) is 0 Å². The maximum atomic E-state index is 14.4. The van der Waals surface area contributed by atoms with Gasteiger partial charge in [0.25, 0.3) is 0 Å². The zero-order chi connectivity index (χ0) is 39.1. The number of nitrogens with zero attached hydrogens (tertiary/aromatic N) is 1. The fourth-order valence-corrected chi connectivity index (χ4v) is 8.03. The molecule has 7 rings (SSSR count). The number of aliphatic hydroxyl groups excluding tert-OH is 1. The van der Waals surface area contributed by atoms with Gasteiger partial charge in [0, 0.05) is 54.7 Å². The summed E-state index contributed by atoms with van der Waals surface area (Å²) in [5, 5.41) is 28.1. The first-order chi connectivity index (χ1) is 27.3. The maximum Gasteiger partial charge on any atom is 0.201 e. The Morgan fingerprint density at radius 3 is 2.05 bits per heavy atom. The summed E-state index contributed by atoms with van der Waals surface area (Å²) in [5.74, 6) is -0.237. The highest BCUT2D eigenvalue weighted by Gasteiger charge is 2.40. The maximum absolute atomic E-state index is 14.4. The first kappa shape index (κ1) is 37.7. The summed E-state index contributed by atoms with van der Waals surface area (Å²) in [4.78, 5) is 19.7. The number of nitrogens with one attached hydrogen (secondary N) is 3. The van der Waals surface area contributed by atoms with Crippen LogP contribution in [0.1, 0.15) is 106 Å². The van der Waals surface area contributed by atoms with Gasteiger partial charge in [-0.2, -0.15) is 0 Å². The average Bonchev–Trinajstić information content (AvgIpc) is 3.18. The van der Waals surface area contributed by atoms with E-state index >= 15 is 0 Å². The van der Waals surface area contributed by atoms with E-state index in [1.165, 1.54) is 51.4 Å². The molecule has 0 spiro atoms. The van der Waals surface area contributed by atoms with Crippen molar-refractivity contribution in [2.45, 2.75) is 96.3 Å². The summed E-state index contributed by atoms with van der Waals surface area (Å²) in [6, 6.07) is 20.1. The van der Waals surface area contributed by atoms with Crippen molar-refractivity contribution in [1.82, 2.24) is 0 Å². The molecule has 4 aromatic rings. The second kappa shape index (κ2) is 16.4. The Labute approximate surface area is 344 Å². The van der Waals surface area contributed by atoms with Crippen LogP contribution in [0.25, 0.3) is 32.7 Å². The van der Waals surface area contributed by atoms with Gasteiger partial charge in [0.05, 0.1) is 22.2 Å². The molecule has 1 aliphatic carbocycles. The third kappa shape index (κ3) is 7.68. The highest BCUT2D eigenvalue weighted by Crippen LogP contribution is 2.46. The van der Waals surface area contributed by atoms with Crippen LogP contribution in [-0.2, 0) is 4.79 Å². The zero-order valence-corrected chi connectivity index (χ0v) is 32.4. The van der Waals surface area contributed by atoms with Crippen LogP contribution in [0.3, 0.4) is 0 Å². The van der Waals surface area contributed by atoms with Crippen molar-refractivity contribution in [3.05, 3.63) is 147 Å². The molecule has 0 fully saturated rings. The third-order valence-corrected chi connectivity index (χ3v) is 10.7. The lowest BCUT2D eigenvalue weighted by Gasteiger charge is -2.38. The lowest BCUT2D eigenvalue weighted by molar-refractivity contribution is -0.109. The average molecular weight is 757 g/mol. The lowest BCUT2D eigenvalue weighted by Crippen LogP contribution is -2.45. The van der Waals surface area contributed by atoms with Crippen LogP contribution in [0.4, 0.5) is 17.1 Å². The molecule has 2 heterocycles. The Morgan fingerprint density at radius 2 is 1.36 bits per heavy atom. The standard InChI is InChI=1S/C50H46N4O2.11H2/c1-5-7-9-11-13-15-17-19-21-33-49(3)51-39-27-23-25-35-29-31-37(45(53-49)41(35)39)43-47(55)44(48(43)56)38-32-30-36-26-24-28-40-42(36)46(38)54-50(4,52-40)34-22-20-18-16-14-12-10-8-6-2;;;;;;;;;;;/h23-33,51-53,55H,1,6,8,10,12,14,16,18,20,22,34H2,2-4H3;11*1H. The van der Waals surface area contributed by atoms with Crippen LogP contribution in [0.5, 0.6) is 0 Å². The number of ketones is 1.